The Morgan fingerprint density at radius 3 is 3.05 bits per heavy atom. The molecule has 2 atom stereocenters. The molecule has 0 saturated heterocycles. The Morgan fingerprint density at radius 2 is 2.25 bits per heavy atom. The molecule has 0 bridgehead atoms. The van der Waals surface area contributed by atoms with E-state index in [2.05, 4.69) is 24.0 Å². The van der Waals surface area contributed by atoms with E-state index in [1.165, 1.54) is 5.57 Å². The summed E-state index contributed by atoms with van der Waals surface area (Å²) in [7, 11) is 0. The molecule has 1 aliphatic rings. The third-order valence-corrected chi connectivity index (χ3v) is 4.02. The lowest BCUT2D eigenvalue weighted by Gasteiger charge is -2.30. The van der Waals surface area contributed by atoms with Crippen molar-refractivity contribution in [1.29, 1.82) is 0 Å². The first kappa shape index (κ1) is 12.9. The number of hydrogen-bond acceptors (Lipinski definition) is 3. The van der Waals surface area contributed by atoms with Gasteiger partial charge in [-0.15, -0.1) is 0 Å². The second kappa shape index (κ2) is 5.12. The first-order chi connectivity index (χ1) is 9.65. The van der Waals surface area contributed by atoms with Crippen LogP contribution in [0.4, 0.5) is 0 Å². The predicted octanol–water partition coefficient (Wildman–Crippen LogP) is 3.30. The molecular weight excluding hydrogens is 252 g/mol. The highest BCUT2D eigenvalue weighted by molar-refractivity contribution is 6.04. The van der Waals surface area contributed by atoms with Crippen molar-refractivity contribution in [2.45, 2.75) is 32.2 Å². The molecule has 1 amide bonds. The van der Waals surface area contributed by atoms with E-state index in [9.17, 15) is 4.79 Å². The Bertz CT molecular complexity index is 659. The van der Waals surface area contributed by atoms with Gasteiger partial charge in [0.15, 0.2) is 11.3 Å². The summed E-state index contributed by atoms with van der Waals surface area (Å²) in [4.78, 5) is 12.4. The van der Waals surface area contributed by atoms with Crippen LogP contribution in [0.5, 0.6) is 0 Å². The van der Waals surface area contributed by atoms with Crippen LogP contribution in [0, 0.1) is 5.92 Å². The average molecular weight is 270 g/mol. The van der Waals surface area contributed by atoms with Crippen LogP contribution in [-0.2, 0) is 0 Å². The SMILES string of the molecule is C=C1CCC(NC(=O)c2noc3ccccc23)C(C)C1. The van der Waals surface area contributed by atoms with Gasteiger partial charge in [-0.3, -0.25) is 4.79 Å². The van der Waals surface area contributed by atoms with Gasteiger partial charge in [0.05, 0.1) is 5.39 Å². The number of hydrogen-bond donors (Lipinski definition) is 1. The van der Waals surface area contributed by atoms with Crippen LogP contribution in [-0.4, -0.2) is 17.1 Å². The van der Waals surface area contributed by atoms with Gasteiger partial charge in [-0.05, 0) is 37.3 Å². The maximum absolute atomic E-state index is 12.4. The molecule has 4 nitrogen and oxygen atoms in total. The largest absolute Gasteiger partial charge is 0.355 e. The quantitative estimate of drug-likeness (QED) is 0.852. The number of amides is 1. The van der Waals surface area contributed by atoms with Crippen LogP contribution in [0.15, 0.2) is 40.9 Å². The molecule has 1 saturated carbocycles. The molecule has 0 spiro atoms. The molecule has 1 aromatic heterocycles. The first-order valence-corrected chi connectivity index (χ1v) is 6.97. The van der Waals surface area contributed by atoms with E-state index in [0.29, 0.717) is 17.2 Å². The summed E-state index contributed by atoms with van der Waals surface area (Å²) in [6, 6.07) is 7.59. The number of carbonyl (C=O) groups is 1. The fourth-order valence-electron chi connectivity index (χ4n) is 2.84. The van der Waals surface area contributed by atoms with E-state index >= 15 is 0 Å². The van der Waals surface area contributed by atoms with Crippen LogP contribution in [0.25, 0.3) is 11.0 Å². The molecule has 104 valence electrons. The number of nitrogens with one attached hydrogen (secondary N) is 1. The minimum Gasteiger partial charge on any atom is -0.355 e. The van der Waals surface area contributed by atoms with Crippen molar-refractivity contribution in [3.05, 3.63) is 42.1 Å². The van der Waals surface area contributed by atoms with Gasteiger partial charge in [0.1, 0.15) is 0 Å². The van der Waals surface area contributed by atoms with Crippen LogP contribution in [0.1, 0.15) is 36.7 Å². The van der Waals surface area contributed by atoms with Crippen molar-refractivity contribution >= 4 is 16.9 Å². The molecule has 1 fully saturated rings. The Labute approximate surface area is 117 Å². The summed E-state index contributed by atoms with van der Waals surface area (Å²) in [5.41, 5.74) is 2.29. The number of carbonyl (C=O) groups excluding carboxylic acids is 1. The van der Waals surface area contributed by atoms with Gasteiger partial charge in [0.25, 0.3) is 5.91 Å². The minimum absolute atomic E-state index is 0.153. The van der Waals surface area contributed by atoms with E-state index in [1.54, 1.807) is 0 Å². The van der Waals surface area contributed by atoms with Crippen molar-refractivity contribution in [1.82, 2.24) is 10.5 Å². The summed E-state index contributed by atoms with van der Waals surface area (Å²) < 4.78 is 5.18. The van der Waals surface area contributed by atoms with E-state index in [1.807, 2.05) is 24.3 Å². The van der Waals surface area contributed by atoms with Crippen LogP contribution in [0.3, 0.4) is 0 Å². The van der Waals surface area contributed by atoms with Crippen LogP contribution in [0.2, 0.25) is 0 Å². The summed E-state index contributed by atoms with van der Waals surface area (Å²) >= 11 is 0. The normalized spacial score (nSPS) is 22.9. The van der Waals surface area contributed by atoms with Gasteiger partial charge in [0.2, 0.25) is 0 Å². The second-order valence-electron chi connectivity index (χ2n) is 5.58. The topological polar surface area (TPSA) is 55.1 Å². The van der Waals surface area contributed by atoms with E-state index in [4.69, 9.17) is 4.52 Å². The zero-order chi connectivity index (χ0) is 14.1. The molecule has 4 heteroatoms. The summed E-state index contributed by atoms with van der Waals surface area (Å²) in [6.45, 7) is 6.18. The van der Waals surface area contributed by atoms with Crippen molar-refractivity contribution < 1.29 is 9.32 Å². The number of aromatic nitrogens is 1. The van der Waals surface area contributed by atoms with Gasteiger partial charge < -0.3 is 9.84 Å². The molecule has 1 aliphatic carbocycles. The van der Waals surface area contributed by atoms with Gasteiger partial charge in [0, 0.05) is 6.04 Å². The highest BCUT2D eigenvalue weighted by Crippen LogP contribution is 2.27. The monoisotopic (exact) mass is 270 g/mol. The number of rotatable bonds is 2. The molecule has 1 N–H and O–H groups in total. The molecule has 20 heavy (non-hydrogen) atoms. The smallest absolute Gasteiger partial charge is 0.274 e. The predicted molar refractivity (Wildman–Crippen MR) is 77.4 cm³/mol. The lowest BCUT2D eigenvalue weighted by Crippen LogP contribution is -2.41. The zero-order valence-corrected chi connectivity index (χ0v) is 11.6. The maximum Gasteiger partial charge on any atom is 0.274 e. The second-order valence-corrected chi connectivity index (χ2v) is 5.58. The summed E-state index contributed by atoms with van der Waals surface area (Å²) in [6.07, 6.45) is 2.90. The third kappa shape index (κ3) is 2.33. The molecular formula is C16H18N2O2. The number of para-hydroxylation sites is 1. The van der Waals surface area contributed by atoms with Crippen molar-refractivity contribution in [2.75, 3.05) is 0 Å². The molecule has 2 aromatic rings. The van der Waals surface area contributed by atoms with Gasteiger partial charge >= 0.3 is 0 Å². The number of nitrogens with zero attached hydrogens (tertiary/aromatic N) is 1. The lowest BCUT2D eigenvalue weighted by molar-refractivity contribution is 0.0909. The number of allylic oxidation sites excluding steroid dienone is 1. The van der Waals surface area contributed by atoms with Gasteiger partial charge in [-0.2, -0.15) is 0 Å². The molecule has 1 heterocycles. The van der Waals surface area contributed by atoms with E-state index < -0.39 is 0 Å². The highest BCUT2D eigenvalue weighted by Gasteiger charge is 2.26. The Hall–Kier alpha value is -2.10. The fourth-order valence-corrected chi connectivity index (χ4v) is 2.84. The number of benzene rings is 1. The molecule has 3 rings (SSSR count). The van der Waals surface area contributed by atoms with Crippen molar-refractivity contribution in [3.63, 3.8) is 0 Å². The van der Waals surface area contributed by atoms with Crippen molar-refractivity contribution in [3.8, 4) is 0 Å². The zero-order valence-electron chi connectivity index (χ0n) is 11.6. The van der Waals surface area contributed by atoms with Crippen molar-refractivity contribution in [2.24, 2.45) is 5.92 Å². The number of fused-ring (bicyclic) bond motifs is 1. The van der Waals surface area contributed by atoms with E-state index in [-0.39, 0.29) is 11.9 Å². The molecule has 0 radical (unpaired) electrons. The molecule has 2 unspecified atom stereocenters. The minimum atomic E-state index is -0.153. The van der Waals surface area contributed by atoms with Gasteiger partial charge in [-0.1, -0.05) is 36.4 Å². The first-order valence-electron chi connectivity index (χ1n) is 6.97. The Balaban J connectivity index is 1.78. The maximum atomic E-state index is 12.4. The van der Waals surface area contributed by atoms with Crippen LogP contribution < -0.4 is 5.32 Å². The molecule has 1 aromatic carbocycles. The lowest BCUT2D eigenvalue weighted by atomic mass is 9.83. The third-order valence-electron chi connectivity index (χ3n) is 4.02. The van der Waals surface area contributed by atoms with Crippen LogP contribution >= 0.6 is 0 Å². The average Bonchev–Trinajstić information content (AvgIpc) is 2.86. The summed E-state index contributed by atoms with van der Waals surface area (Å²) in [5.74, 6) is 0.262. The van der Waals surface area contributed by atoms with Gasteiger partial charge in [-0.25, -0.2) is 0 Å². The Morgan fingerprint density at radius 1 is 1.45 bits per heavy atom. The molecule has 0 aliphatic heterocycles. The van der Waals surface area contributed by atoms with E-state index in [0.717, 1.165) is 24.6 Å². The standard InChI is InChI=1S/C16H18N2O2/c1-10-7-8-13(11(2)9-10)17-16(19)15-12-5-3-4-6-14(12)20-18-15/h3-6,11,13H,1,7-9H2,2H3,(H,17,19). The summed E-state index contributed by atoms with van der Waals surface area (Å²) in [5, 5.41) is 7.74. The highest BCUT2D eigenvalue weighted by atomic mass is 16.5. The Kier molecular flexibility index (Phi) is 3.30. The fraction of sp³-hybridized carbons (Fsp3) is 0.375.